The number of aromatic amines is 1. The number of aliphatic imine (C=N–C) groups is 3. The number of hydrogen-bond donors (Lipinski definition) is 22. The maximum Gasteiger partial charge on any atom is 0.326 e. The number of nitrogens with one attached hydrogen (secondary N) is 12. The second-order valence-electron chi connectivity index (χ2n) is 26.9. The van der Waals surface area contributed by atoms with Crippen molar-refractivity contribution in [2.75, 3.05) is 32.7 Å². The molecular formula is C68H112N24O13. The molecule has 3 rings (SSSR count). The average molecular weight is 1470 g/mol. The molecule has 582 valence electrons. The number of carboxylic acid groups (broad SMARTS) is 1. The summed E-state index contributed by atoms with van der Waals surface area (Å²) < 4.78 is 0. The fourth-order valence-electron chi connectivity index (χ4n) is 11.1. The van der Waals surface area contributed by atoms with Crippen LogP contribution < -0.4 is 110 Å². The minimum absolute atomic E-state index is 0.00187. The van der Waals surface area contributed by atoms with E-state index in [1.807, 2.05) is 6.07 Å². The van der Waals surface area contributed by atoms with Crippen LogP contribution in [0.1, 0.15) is 136 Å². The smallest absolute Gasteiger partial charge is 0.326 e. The number of guanidine groups is 3. The normalized spacial score (nSPS) is 14.0. The fourth-order valence-corrected chi connectivity index (χ4v) is 11.1. The number of carboxylic acids is 1. The number of rotatable bonds is 49. The van der Waals surface area contributed by atoms with Crippen LogP contribution in [0.5, 0.6) is 0 Å². The van der Waals surface area contributed by atoms with Gasteiger partial charge in [0.2, 0.25) is 53.2 Å². The molecule has 0 spiro atoms. The van der Waals surface area contributed by atoms with Crippen LogP contribution in [0, 0.1) is 17.8 Å². The van der Waals surface area contributed by atoms with Gasteiger partial charge in [0.25, 0.3) is 0 Å². The molecule has 1 heterocycles. The summed E-state index contributed by atoms with van der Waals surface area (Å²) in [5.41, 5.74) is 52.0. The van der Waals surface area contributed by atoms with Crippen LogP contribution in [0.4, 0.5) is 9.59 Å². The first-order chi connectivity index (χ1) is 49.6. The molecule has 0 aliphatic carbocycles. The fraction of sp³-hybridized carbons (Fsp3) is 0.574. The molecule has 0 fully saturated rings. The minimum Gasteiger partial charge on any atom is -0.480 e. The number of fused-ring (bicyclic) bond motifs is 1. The van der Waals surface area contributed by atoms with Crippen LogP contribution >= 0.6 is 0 Å². The molecule has 31 N–H and O–H groups in total. The van der Waals surface area contributed by atoms with E-state index in [4.69, 9.17) is 51.6 Å². The summed E-state index contributed by atoms with van der Waals surface area (Å²) in [7, 11) is 0. The molecule has 10 atom stereocenters. The van der Waals surface area contributed by atoms with Gasteiger partial charge in [-0.3, -0.25) is 58.1 Å². The van der Waals surface area contributed by atoms with Crippen LogP contribution in [0.3, 0.4) is 0 Å². The Morgan fingerprint density at radius 2 is 0.714 bits per heavy atom. The molecular weight excluding hydrogens is 1360 g/mol. The number of aromatic nitrogens is 1. The molecule has 37 nitrogen and oxygen atoms in total. The Kier molecular flexibility index (Phi) is 39.1. The van der Waals surface area contributed by atoms with Gasteiger partial charge in [0.15, 0.2) is 17.9 Å². The quantitative estimate of drug-likeness (QED) is 0.0151. The van der Waals surface area contributed by atoms with Gasteiger partial charge in [-0.05, 0) is 118 Å². The molecule has 1 aromatic heterocycles. The van der Waals surface area contributed by atoms with E-state index in [1.54, 1.807) is 96.3 Å². The van der Waals surface area contributed by atoms with Gasteiger partial charge in [-0.1, -0.05) is 90.1 Å². The van der Waals surface area contributed by atoms with E-state index in [2.05, 4.69) is 78.4 Å². The molecule has 0 aliphatic heterocycles. The van der Waals surface area contributed by atoms with Crippen molar-refractivity contribution in [2.24, 2.45) is 84.3 Å². The molecule has 105 heavy (non-hydrogen) atoms. The van der Waals surface area contributed by atoms with Crippen molar-refractivity contribution in [1.82, 2.24) is 63.5 Å². The van der Waals surface area contributed by atoms with Crippen LogP contribution in [0.25, 0.3) is 10.9 Å². The Balaban J connectivity index is 2.06. The summed E-state index contributed by atoms with van der Waals surface area (Å²) in [6, 6.07) is 0.152. The largest absolute Gasteiger partial charge is 0.480 e. The van der Waals surface area contributed by atoms with E-state index in [0.717, 1.165) is 0 Å². The third-order valence-electron chi connectivity index (χ3n) is 16.3. The van der Waals surface area contributed by atoms with E-state index in [-0.39, 0.29) is 158 Å². The summed E-state index contributed by atoms with van der Waals surface area (Å²) in [5.74, 6) is -10.3. The minimum atomic E-state index is -1.48. The number of carbonyl (C=O) groups is 12. The lowest BCUT2D eigenvalue weighted by atomic mass is 9.98. The van der Waals surface area contributed by atoms with Gasteiger partial charge in [0.1, 0.15) is 54.4 Å². The van der Waals surface area contributed by atoms with Crippen molar-refractivity contribution in [3.63, 3.8) is 0 Å². The highest BCUT2D eigenvalue weighted by Gasteiger charge is 2.37. The summed E-state index contributed by atoms with van der Waals surface area (Å²) in [5, 5.41) is 40.0. The summed E-state index contributed by atoms with van der Waals surface area (Å²) >= 11 is 0. The standard InChI is InChI=1S/C68H112N24O13/c1-37(2)31-49(59(98)86-46(24-15-29-81-67(76)104)55(94)85-48(25-16-30-82-68(77)105)58(97)92-53(63(102)103)34-40-17-8-7-9-18-40)90-60(99)50(32-38(3)4)89-57(96)47(23-14-28-80-66(74)75)87-62(101)52(35-41-36-83-44-21-11-10-19-42(41)44)91-61(100)51(33-39(5)6)88-56(95)45(22-13-27-79-65(72)73)84-54(93)43(69)20-12-26-78-64(70)71/h7-11,17-19,21,36-39,43,45-53,83H,12-16,20,22-35,69H2,1-6H3,(H,84,93)(H,85,94)(H,86,98)(H,87,101)(H,88,95)(H,89,96)(H,90,99)(H,91,100)(H,92,97)(H,102,103)(H4,70,71,78)(H4,72,73,79)(H4,74,75,80)(H3,76,81,104)(H3,77,82,105)/t43-,45-,46-,47-,48-,49-,50-,51-,52-,53-/m0/s1. The predicted molar refractivity (Wildman–Crippen MR) is 397 cm³/mol. The molecule has 2 aromatic carbocycles. The first kappa shape index (κ1) is 88.2. The number of benzene rings is 2. The van der Waals surface area contributed by atoms with Gasteiger partial charge in [0, 0.05) is 62.7 Å². The lowest BCUT2D eigenvalue weighted by molar-refractivity contribution is -0.142. The number of aliphatic carboxylic acids is 1. The number of nitrogens with zero attached hydrogens (tertiary/aromatic N) is 3. The maximum absolute atomic E-state index is 15.1. The van der Waals surface area contributed by atoms with E-state index in [1.165, 1.54) is 0 Å². The molecule has 13 amide bonds. The van der Waals surface area contributed by atoms with Gasteiger partial charge < -0.3 is 120 Å². The number of para-hydroxylation sites is 1. The van der Waals surface area contributed by atoms with Gasteiger partial charge in [0.05, 0.1) is 6.04 Å². The van der Waals surface area contributed by atoms with Gasteiger partial charge >= 0.3 is 18.0 Å². The molecule has 0 saturated carbocycles. The van der Waals surface area contributed by atoms with Gasteiger partial charge in [-0.25, -0.2) is 14.4 Å². The molecule has 0 aliphatic rings. The van der Waals surface area contributed by atoms with Crippen molar-refractivity contribution in [1.29, 1.82) is 0 Å². The Morgan fingerprint density at radius 1 is 0.390 bits per heavy atom. The number of hydrogen-bond acceptors (Lipinski definition) is 16. The number of amides is 13. The van der Waals surface area contributed by atoms with E-state index >= 15 is 4.79 Å². The Labute approximate surface area is 611 Å². The zero-order valence-electron chi connectivity index (χ0n) is 60.8. The van der Waals surface area contributed by atoms with Crippen molar-refractivity contribution in [2.45, 2.75) is 198 Å². The predicted octanol–water partition coefficient (Wildman–Crippen LogP) is -3.08. The third kappa shape index (κ3) is 35.2. The summed E-state index contributed by atoms with van der Waals surface area (Å²) in [6.45, 7) is 10.9. The van der Waals surface area contributed by atoms with E-state index in [0.29, 0.717) is 28.5 Å². The van der Waals surface area contributed by atoms with Crippen molar-refractivity contribution in [3.8, 4) is 0 Å². The zero-order valence-corrected chi connectivity index (χ0v) is 60.8. The van der Waals surface area contributed by atoms with Gasteiger partial charge in [-0.2, -0.15) is 0 Å². The van der Waals surface area contributed by atoms with Crippen molar-refractivity contribution >= 4 is 100.0 Å². The Morgan fingerprint density at radius 3 is 1.10 bits per heavy atom. The molecule has 3 aromatic rings. The summed E-state index contributed by atoms with van der Waals surface area (Å²) in [6.07, 6.45) is 1.75. The highest BCUT2D eigenvalue weighted by atomic mass is 16.4. The van der Waals surface area contributed by atoms with E-state index in [9.17, 15) is 57.8 Å². The lowest BCUT2D eigenvalue weighted by Crippen LogP contribution is -2.61. The van der Waals surface area contributed by atoms with Crippen LogP contribution in [0.2, 0.25) is 0 Å². The second kappa shape index (κ2) is 46.6. The first-order valence-electron chi connectivity index (χ1n) is 35.2. The SMILES string of the molecule is CC(C)C[C@H](NC(=O)[C@H](CC(C)C)NC(=O)[C@H](CCCN=C(N)N)NC(=O)[C@H](Cc1c[nH]c2ccccc12)NC(=O)[C@H](CC(C)C)NC(=O)[C@H](CCCN=C(N)N)NC(=O)[C@@H](N)CCCN=C(N)N)C(=O)N[C@@H](CCCNC(N)=O)C(=O)N[C@@H](CCCNC(N)=O)C(=O)N[C@@H](Cc1ccccc1)C(=O)O. The number of urea groups is 2. The molecule has 0 saturated heterocycles. The monoisotopic (exact) mass is 1470 g/mol. The number of carbonyl (C=O) groups excluding carboxylic acids is 11. The maximum atomic E-state index is 15.1. The first-order valence-corrected chi connectivity index (χ1v) is 35.2. The highest BCUT2D eigenvalue weighted by Crippen LogP contribution is 2.21. The van der Waals surface area contributed by atoms with Gasteiger partial charge in [-0.15, -0.1) is 0 Å². The lowest BCUT2D eigenvalue weighted by Gasteiger charge is -2.29. The molecule has 37 heteroatoms. The summed E-state index contributed by atoms with van der Waals surface area (Å²) in [4.78, 5) is 182. The topological polar surface area (TPSA) is 644 Å². The Bertz CT molecular complexity index is 3430. The Hall–Kier alpha value is -11.0. The average Bonchev–Trinajstić information content (AvgIpc) is 1.74. The van der Waals surface area contributed by atoms with E-state index < -0.39 is 132 Å². The highest BCUT2D eigenvalue weighted by molar-refractivity contribution is 5.99. The van der Waals surface area contributed by atoms with Crippen LogP contribution in [0.15, 0.2) is 75.8 Å². The zero-order chi connectivity index (χ0) is 78.3. The number of primary amides is 2. The molecule has 0 bridgehead atoms. The third-order valence-corrected chi connectivity index (χ3v) is 16.3. The number of nitrogens with two attached hydrogens (primary N) is 9. The number of H-pyrrole nitrogens is 1. The molecule has 0 unspecified atom stereocenters. The van der Waals surface area contributed by atoms with Crippen molar-refractivity contribution < 1.29 is 62.6 Å². The molecule has 0 radical (unpaired) electrons. The van der Waals surface area contributed by atoms with Crippen LogP contribution in [-0.2, 0) is 60.8 Å². The van der Waals surface area contributed by atoms with Crippen LogP contribution in [-0.4, -0.2) is 192 Å². The van der Waals surface area contributed by atoms with Crippen molar-refractivity contribution in [3.05, 3.63) is 71.9 Å². The second-order valence-corrected chi connectivity index (χ2v) is 26.9.